The van der Waals surface area contributed by atoms with Gasteiger partial charge in [-0.05, 0) is 23.1 Å². The van der Waals surface area contributed by atoms with Gasteiger partial charge in [-0.25, -0.2) is 0 Å². The maximum atomic E-state index is 13.1. The van der Waals surface area contributed by atoms with Crippen molar-refractivity contribution in [2.45, 2.75) is 11.8 Å². The molecule has 1 aliphatic rings. The predicted octanol–water partition coefficient (Wildman–Crippen LogP) is 4.05. The monoisotopic (exact) mass is 364 g/mol. The number of carbonyl (C=O) groups excluding carboxylic acids is 1. The molecule has 0 radical (unpaired) electrons. The zero-order chi connectivity index (χ0) is 18.1. The van der Waals surface area contributed by atoms with Crippen molar-refractivity contribution in [1.29, 1.82) is 0 Å². The number of carbonyl (C=O) groups is 1. The number of aromatic nitrogens is 2. The molecular weight excluding hydrogens is 344 g/mol. The summed E-state index contributed by atoms with van der Waals surface area (Å²) in [7, 11) is 3.85. The molecule has 0 saturated carbocycles. The summed E-state index contributed by atoms with van der Waals surface area (Å²) in [5, 5.41) is 3.10. The van der Waals surface area contributed by atoms with Crippen LogP contribution in [0.3, 0.4) is 0 Å². The van der Waals surface area contributed by atoms with E-state index in [0.717, 1.165) is 5.56 Å². The van der Waals surface area contributed by atoms with Crippen LogP contribution in [0.5, 0.6) is 0 Å². The van der Waals surface area contributed by atoms with E-state index in [1.807, 2.05) is 71.5 Å². The molecule has 2 aromatic carbocycles. The summed E-state index contributed by atoms with van der Waals surface area (Å²) >= 11 is 1.51. The highest BCUT2D eigenvalue weighted by molar-refractivity contribution is 8.01. The number of nitrogens with one attached hydrogen (secondary N) is 1. The van der Waals surface area contributed by atoms with Gasteiger partial charge in [0.25, 0.3) is 0 Å². The number of Topliss-reactive ketones (excluding diaryl/α,β-unsaturated/α-hetero) is 1. The van der Waals surface area contributed by atoms with E-state index >= 15 is 0 Å². The van der Waals surface area contributed by atoms with Crippen molar-refractivity contribution in [3.8, 4) is 0 Å². The second-order valence-corrected chi connectivity index (χ2v) is 7.49. The highest BCUT2D eigenvalue weighted by Gasteiger charge is 2.37. The number of nitrogens with zero attached hydrogens (tertiary/aromatic N) is 3. The standard InChI is InChI=1S/C20H20N4OS/c1-23-16-17(25)18(15-11-7-4-8-12-15)26-24(2)19(16)22-20(23)21-13-14-9-5-3-6-10-14/h3-12,18H,13H2,1-2H3,(H,21,22). The Labute approximate surface area is 157 Å². The lowest BCUT2D eigenvalue weighted by Gasteiger charge is -2.28. The average Bonchev–Trinajstić information content (AvgIpc) is 3.02. The molecule has 6 heteroatoms. The molecule has 5 nitrogen and oxygen atoms in total. The first kappa shape index (κ1) is 16.7. The number of ketones is 1. The topological polar surface area (TPSA) is 50.2 Å². The lowest BCUT2D eigenvalue weighted by molar-refractivity contribution is 0.0981. The summed E-state index contributed by atoms with van der Waals surface area (Å²) in [6, 6.07) is 20.0. The van der Waals surface area contributed by atoms with Gasteiger partial charge in [0.1, 0.15) is 10.9 Å². The van der Waals surface area contributed by atoms with Gasteiger partial charge in [-0.15, -0.1) is 0 Å². The molecule has 132 valence electrons. The van der Waals surface area contributed by atoms with Crippen molar-refractivity contribution in [1.82, 2.24) is 9.55 Å². The van der Waals surface area contributed by atoms with E-state index in [1.54, 1.807) is 0 Å². The molecule has 1 aromatic heterocycles. The van der Waals surface area contributed by atoms with Gasteiger partial charge in [0.05, 0.1) is 0 Å². The smallest absolute Gasteiger partial charge is 0.205 e. The van der Waals surface area contributed by atoms with Crippen molar-refractivity contribution in [3.63, 3.8) is 0 Å². The molecule has 2 heterocycles. The van der Waals surface area contributed by atoms with Crippen LogP contribution in [-0.2, 0) is 13.6 Å². The van der Waals surface area contributed by atoms with E-state index in [4.69, 9.17) is 0 Å². The van der Waals surface area contributed by atoms with Gasteiger partial charge in [-0.2, -0.15) is 4.98 Å². The fraction of sp³-hybridized carbons (Fsp3) is 0.200. The minimum atomic E-state index is -0.244. The molecule has 0 aliphatic carbocycles. The molecule has 26 heavy (non-hydrogen) atoms. The van der Waals surface area contributed by atoms with Gasteiger partial charge < -0.3 is 14.2 Å². The van der Waals surface area contributed by atoms with Crippen LogP contribution in [0.1, 0.15) is 26.9 Å². The number of imidazole rings is 1. The molecule has 0 saturated heterocycles. The van der Waals surface area contributed by atoms with Crippen LogP contribution in [0.4, 0.5) is 11.8 Å². The molecule has 1 unspecified atom stereocenters. The van der Waals surface area contributed by atoms with Gasteiger partial charge in [0, 0.05) is 20.6 Å². The maximum Gasteiger partial charge on any atom is 0.205 e. The van der Waals surface area contributed by atoms with Gasteiger partial charge >= 0.3 is 0 Å². The molecular formula is C20H20N4OS. The maximum absolute atomic E-state index is 13.1. The predicted molar refractivity (Wildman–Crippen MR) is 106 cm³/mol. The first-order valence-electron chi connectivity index (χ1n) is 8.49. The summed E-state index contributed by atoms with van der Waals surface area (Å²) in [6.07, 6.45) is 0. The van der Waals surface area contributed by atoms with Crippen LogP contribution in [-0.4, -0.2) is 22.4 Å². The molecule has 1 aliphatic heterocycles. The molecule has 1 N–H and O–H groups in total. The van der Waals surface area contributed by atoms with E-state index < -0.39 is 0 Å². The number of fused-ring (bicyclic) bond motifs is 1. The fourth-order valence-electron chi connectivity index (χ4n) is 3.13. The normalized spacial score (nSPS) is 16.5. The number of hydrogen-bond donors (Lipinski definition) is 1. The Morgan fingerprint density at radius 1 is 1.04 bits per heavy atom. The molecule has 4 rings (SSSR count). The highest BCUT2D eigenvalue weighted by Crippen LogP contribution is 2.44. The molecule has 3 aromatic rings. The van der Waals surface area contributed by atoms with Crippen LogP contribution in [0.15, 0.2) is 60.7 Å². The molecule has 0 amide bonds. The van der Waals surface area contributed by atoms with Crippen molar-refractivity contribution in [3.05, 3.63) is 77.5 Å². The summed E-state index contributed by atoms with van der Waals surface area (Å²) in [4.78, 5) is 17.8. The number of benzene rings is 2. The van der Waals surface area contributed by atoms with Crippen LogP contribution in [0.25, 0.3) is 0 Å². The van der Waals surface area contributed by atoms with E-state index in [1.165, 1.54) is 17.5 Å². The van der Waals surface area contributed by atoms with E-state index in [2.05, 4.69) is 22.4 Å². The first-order chi connectivity index (χ1) is 12.6. The van der Waals surface area contributed by atoms with Gasteiger partial charge in [0.15, 0.2) is 5.82 Å². The van der Waals surface area contributed by atoms with Gasteiger partial charge in [-0.3, -0.25) is 4.79 Å². The average molecular weight is 364 g/mol. The van der Waals surface area contributed by atoms with Crippen molar-refractivity contribution < 1.29 is 4.79 Å². The van der Waals surface area contributed by atoms with E-state index in [9.17, 15) is 4.79 Å². The minimum absolute atomic E-state index is 0.0945. The third kappa shape index (κ3) is 2.97. The Morgan fingerprint density at radius 2 is 1.69 bits per heavy atom. The largest absolute Gasteiger partial charge is 0.352 e. The minimum Gasteiger partial charge on any atom is -0.352 e. The third-order valence-electron chi connectivity index (χ3n) is 4.51. The Bertz CT molecular complexity index is 924. The number of hydrogen-bond acceptors (Lipinski definition) is 5. The van der Waals surface area contributed by atoms with Crippen LogP contribution < -0.4 is 9.62 Å². The summed E-state index contributed by atoms with van der Waals surface area (Å²) in [5.41, 5.74) is 2.83. The lowest BCUT2D eigenvalue weighted by Crippen LogP contribution is -2.26. The quantitative estimate of drug-likeness (QED) is 0.708. The molecule has 0 bridgehead atoms. The van der Waals surface area contributed by atoms with Crippen molar-refractivity contribution >= 4 is 29.5 Å². The number of rotatable bonds is 4. The fourth-order valence-corrected chi connectivity index (χ4v) is 4.16. The Hall–Kier alpha value is -2.73. The molecule has 1 atom stereocenters. The SMILES string of the molecule is CN1SC(c2ccccc2)C(=O)c2c1nc(NCc1ccccc1)n2C. The summed E-state index contributed by atoms with van der Waals surface area (Å²) < 4.78 is 3.86. The number of anilines is 2. The van der Waals surface area contributed by atoms with Crippen LogP contribution >= 0.6 is 11.9 Å². The Kier molecular flexibility index (Phi) is 4.42. The van der Waals surface area contributed by atoms with Gasteiger partial charge in [-0.1, -0.05) is 60.7 Å². The molecule has 0 fully saturated rings. The second kappa shape index (κ2) is 6.88. The zero-order valence-electron chi connectivity index (χ0n) is 14.7. The van der Waals surface area contributed by atoms with Gasteiger partial charge in [0.2, 0.25) is 11.7 Å². The summed E-state index contributed by atoms with van der Waals surface area (Å²) in [6.45, 7) is 0.664. The van der Waals surface area contributed by atoms with E-state index in [0.29, 0.717) is 24.0 Å². The lowest BCUT2D eigenvalue weighted by atomic mass is 10.1. The zero-order valence-corrected chi connectivity index (χ0v) is 15.5. The second-order valence-electron chi connectivity index (χ2n) is 6.26. The Morgan fingerprint density at radius 3 is 2.38 bits per heavy atom. The third-order valence-corrected chi connectivity index (χ3v) is 5.69. The Balaban J connectivity index is 1.63. The van der Waals surface area contributed by atoms with Crippen molar-refractivity contribution in [2.75, 3.05) is 16.7 Å². The first-order valence-corrected chi connectivity index (χ1v) is 9.33. The van der Waals surface area contributed by atoms with E-state index in [-0.39, 0.29) is 11.0 Å². The summed E-state index contributed by atoms with van der Waals surface area (Å²) in [5.74, 6) is 1.51. The molecule has 0 spiro atoms. The highest BCUT2D eigenvalue weighted by atomic mass is 32.2. The van der Waals surface area contributed by atoms with Crippen molar-refractivity contribution in [2.24, 2.45) is 7.05 Å². The van der Waals surface area contributed by atoms with Crippen LogP contribution in [0.2, 0.25) is 0 Å². The van der Waals surface area contributed by atoms with Crippen LogP contribution in [0, 0.1) is 0 Å².